The molecule has 0 amide bonds. The van der Waals surface area contributed by atoms with Crippen molar-refractivity contribution in [1.82, 2.24) is 4.90 Å². The molecule has 0 radical (unpaired) electrons. The minimum Gasteiger partial charge on any atom is -0.489 e. The normalized spacial score (nSPS) is 17.7. The first-order chi connectivity index (χ1) is 17.1. The number of benzene rings is 3. The lowest BCUT2D eigenvalue weighted by molar-refractivity contribution is 0.0184. The van der Waals surface area contributed by atoms with E-state index in [0.29, 0.717) is 39.0 Å². The summed E-state index contributed by atoms with van der Waals surface area (Å²) in [5, 5.41) is 0. The van der Waals surface area contributed by atoms with Gasteiger partial charge >= 0.3 is 0 Å². The van der Waals surface area contributed by atoms with E-state index in [9.17, 15) is 8.60 Å². The van der Waals surface area contributed by atoms with Crippen LogP contribution in [-0.4, -0.2) is 41.5 Å². The molecule has 1 unspecified atom stereocenters. The molecule has 2 aliphatic heterocycles. The predicted octanol–water partition coefficient (Wildman–Crippen LogP) is 5.91. The summed E-state index contributed by atoms with van der Waals surface area (Å²) in [7, 11) is -1.38. The van der Waals surface area contributed by atoms with Crippen LogP contribution in [0.2, 0.25) is 0 Å². The molecule has 3 aromatic carbocycles. The summed E-state index contributed by atoms with van der Waals surface area (Å²) < 4.78 is 43.7. The van der Waals surface area contributed by atoms with Gasteiger partial charge in [0.25, 0.3) is 0 Å². The van der Waals surface area contributed by atoms with E-state index >= 15 is 0 Å². The highest BCUT2D eigenvalue weighted by Gasteiger charge is 2.30. The fourth-order valence-electron chi connectivity index (χ4n) is 4.02. The third-order valence-electron chi connectivity index (χ3n) is 5.87. The lowest BCUT2D eigenvalue weighted by Gasteiger charge is -2.38. The van der Waals surface area contributed by atoms with E-state index in [1.54, 1.807) is 6.07 Å². The van der Waals surface area contributed by atoms with Gasteiger partial charge in [-0.3, -0.25) is 9.29 Å². The van der Waals surface area contributed by atoms with Gasteiger partial charge in [0.1, 0.15) is 33.8 Å². The Labute approximate surface area is 215 Å². The van der Waals surface area contributed by atoms with E-state index in [2.05, 4.69) is 20.8 Å². The lowest BCUT2D eigenvalue weighted by Crippen LogP contribution is -2.53. The highest BCUT2D eigenvalue weighted by Crippen LogP contribution is 2.42. The molecule has 35 heavy (non-hydrogen) atoms. The van der Waals surface area contributed by atoms with E-state index < -0.39 is 10.8 Å². The highest BCUT2D eigenvalue weighted by molar-refractivity contribution is 9.13. The number of rotatable bonds is 10. The van der Waals surface area contributed by atoms with Crippen LogP contribution in [0.25, 0.3) is 5.76 Å². The first-order valence-electron chi connectivity index (χ1n) is 11.5. The van der Waals surface area contributed by atoms with E-state index in [4.69, 9.17) is 14.2 Å². The van der Waals surface area contributed by atoms with Crippen molar-refractivity contribution in [3.05, 3.63) is 87.7 Å². The predicted molar refractivity (Wildman–Crippen MR) is 138 cm³/mol. The molecular formula is C27H25BrFNO4S. The monoisotopic (exact) mass is 557 g/mol. The largest absolute Gasteiger partial charge is 0.489 e. The number of fused-ring (bicyclic) bond motifs is 1. The number of hydrogen-bond donors (Lipinski definition) is 0. The molecule has 1 fully saturated rings. The smallest absolute Gasteiger partial charge is 0.159 e. The molecular weight excluding hydrogens is 533 g/mol. The molecule has 0 spiro atoms. The minimum atomic E-state index is -1.38. The van der Waals surface area contributed by atoms with Gasteiger partial charge in [-0.2, -0.15) is 0 Å². The fraction of sp³-hybridized carbons (Fsp3) is 0.259. The molecule has 0 aliphatic carbocycles. The maximum absolute atomic E-state index is 13.0. The van der Waals surface area contributed by atoms with Crippen LogP contribution in [-0.2, 0) is 17.4 Å². The molecule has 0 saturated carbocycles. The van der Waals surface area contributed by atoms with E-state index in [1.807, 2.05) is 66.7 Å². The second-order valence-electron chi connectivity index (χ2n) is 8.42. The quantitative estimate of drug-likeness (QED) is 0.310. The van der Waals surface area contributed by atoms with Crippen LogP contribution in [0.1, 0.15) is 17.5 Å². The first-order valence-corrected chi connectivity index (χ1v) is 13.4. The topological polar surface area (TPSA) is 48.0 Å². The third-order valence-corrected chi connectivity index (χ3v) is 8.36. The van der Waals surface area contributed by atoms with Gasteiger partial charge in [-0.15, -0.1) is 0 Å². The Morgan fingerprint density at radius 2 is 1.69 bits per heavy atom. The van der Waals surface area contributed by atoms with E-state index in [-0.39, 0.29) is 12.8 Å². The van der Waals surface area contributed by atoms with Crippen LogP contribution in [0.15, 0.2) is 81.5 Å². The van der Waals surface area contributed by atoms with Gasteiger partial charge in [0.2, 0.25) is 0 Å². The van der Waals surface area contributed by atoms with Crippen molar-refractivity contribution in [2.45, 2.75) is 24.0 Å². The van der Waals surface area contributed by atoms with Crippen molar-refractivity contribution >= 4 is 32.5 Å². The first kappa shape index (κ1) is 24.0. The van der Waals surface area contributed by atoms with Gasteiger partial charge in [-0.25, -0.2) is 4.21 Å². The summed E-state index contributed by atoms with van der Waals surface area (Å²) in [6.07, 6.45) is 0.695. The van der Waals surface area contributed by atoms with Gasteiger partial charge in [-0.1, -0.05) is 30.3 Å². The van der Waals surface area contributed by atoms with Crippen molar-refractivity contribution in [2.75, 3.05) is 26.3 Å². The van der Waals surface area contributed by atoms with Crippen LogP contribution < -0.4 is 14.2 Å². The summed E-state index contributed by atoms with van der Waals surface area (Å²) in [5.41, 5.74) is 1.83. The van der Waals surface area contributed by atoms with Gasteiger partial charge in [0.05, 0.1) is 22.4 Å². The van der Waals surface area contributed by atoms with Crippen LogP contribution in [0, 0.1) is 0 Å². The number of ether oxygens (including phenoxy) is 3. The van der Waals surface area contributed by atoms with Crippen molar-refractivity contribution in [3.63, 3.8) is 0 Å². The van der Waals surface area contributed by atoms with Crippen molar-refractivity contribution in [3.8, 4) is 17.2 Å². The Kier molecular flexibility index (Phi) is 7.51. The second kappa shape index (κ2) is 10.9. The standard InChI is InChI=1S/C27H25BrFNO4S/c28-27-26(34-21-9-7-20(8-10-21)33-23-16-30(17-23)14-4-13-29)24-12-11-22(15-25(24)35(27)31)32-18-19-5-2-1-3-6-19/h1-3,5-12,15,23H,4,13-14,16-18H2. The zero-order valence-corrected chi connectivity index (χ0v) is 21.4. The van der Waals surface area contributed by atoms with Crippen LogP contribution in [0.4, 0.5) is 4.39 Å². The van der Waals surface area contributed by atoms with Crippen LogP contribution in [0.3, 0.4) is 0 Å². The summed E-state index contributed by atoms with van der Waals surface area (Å²) in [6.45, 7) is 2.57. The molecule has 0 N–H and O–H groups in total. The molecule has 8 heteroatoms. The van der Waals surface area contributed by atoms with E-state index in [1.165, 1.54) is 0 Å². The van der Waals surface area contributed by atoms with Crippen LogP contribution >= 0.6 is 15.9 Å². The fourth-order valence-corrected chi connectivity index (χ4v) is 5.93. The molecule has 1 saturated heterocycles. The summed E-state index contributed by atoms with van der Waals surface area (Å²) in [6, 6.07) is 22.8. The highest BCUT2D eigenvalue weighted by atomic mass is 79.9. The average molecular weight is 558 g/mol. The van der Waals surface area contributed by atoms with Gasteiger partial charge in [0, 0.05) is 25.2 Å². The maximum Gasteiger partial charge on any atom is 0.159 e. The molecule has 182 valence electrons. The van der Waals surface area contributed by atoms with Gasteiger partial charge in [0.15, 0.2) is 5.76 Å². The SMILES string of the molecule is O=S1C(Br)=C(Oc2ccc(OC3CN(CCCF)C3)cc2)c2ccc(OCc3ccccc3)cc21. The second-order valence-corrected chi connectivity index (χ2v) is 11.1. The van der Waals surface area contributed by atoms with Crippen LogP contribution in [0.5, 0.6) is 17.2 Å². The third kappa shape index (κ3) is 5.60. The molecule has 3 aromatic rings. The molecule has 2 aliphatic rings. The molecule has 2 heterocycles. The molecule has 5 nitrogen and oxygen atoms in total. The molecule has 1 atom stereocenters. The minimum absolute atomic E-state index is 0.126. The average Bonchev–Trinajstić information content (AvgIpc) is 3.10. The number of likely N-dealkylation sites (tertiary alicyclic amines) is 1. The number of halogens is 2. The Bertz CT molecular complexity index is 1230. The zero-order chi connectivity index (χ0) is 24.2. The number of alkyl halides is 1. The summed E-state index contributed by atoms with van der Waals surface area (Å²) >= 11 is 3.46. The Morgan fingerprint density at radius 1 is 0.971 bits per heavy atom. The van der Waals surface area contributed by atoms with Crippen molar-refractivity contribution in [1.29, 1.82) is 0 Å². The summed E-state index contributed by atoms with van der Waals surface area (Å²) in [5.74, 6) is 2.57. The van der Waals surface area contributed by atoms with Gasteiger partial charge in [-0.05, 0) is 70.4 Å². The van der Waals surface area contributed by atoms with E-state index in [0.717, 1.165) is 36.5 Å². The number of hydrogen-bond acceptors (Lipinski definition) is 5. The Hall–Kier alpha value is -2.68. The number of nitrogens with zero attached hydrogens (tertiary/aromatic N) is 1. The lowest BCUT2D eigenvalue weighted by atomic mass is 10.1. The Balaban J connectivity index is 1.20. The molecule has 0 aromatic heterocycles. The van der Waals surface area contributed by atoms with Gasteiger partial charge < -0.3 is 14.2 Å². The maximum atomic E-state index is 13.0. The summed E-state index contributed by atoms with van der Waals surface area (Å²) in [4.78, 5) is 2.83. The van der Waals surface area contributed by atoms with Crippen molar-refractivity contribution in [2.24, 2.45) is 0 Å². The Morgan fingerprint density at radius 3 is 2.43 bits per heavy atom. The molecule has 0 bridgehead atoms. The molecule has 5 rings (SSSR count). The van der Waals surface area contributed by atoms with Crippen molar-refractivity contribution < 1.29 is 22.8 Å². The zero-order valence-electron chi connectivity index (χ0n) is 19.0.